The molecule has 3 rings (SSSR count). The Kier molecular flexibility index (Phi) is 3.72. The Bertz CT molecular complexity index is 880. The zero-order chi connectivity index (χ0) is 15.7. The molecular weight excluding hydrogens is 304 g/mol. The number of fused-ring (bicyclic) bond motifs is 1. The van der Waals surface area contributed by atoms with Gasteiger partial charge < -0.3 is 19.9 Å². The minimum absolute atomic E-state index is 0.148. The number of imidazole rings is 1. The maximum absolute atomic E-state index is 12.2. The second kappa shape index (κ2) is 5.68. The molecule has 3 N–H and O–H groups in total. The molecule has 22 heavy (non-hydrogen) atoms. The van der Waals surface area contributed by atoms with Crippen LogP contribution in [0.2, 0.25) is 0 Å². The van der Waals surface area contributed by atoms with Crippen LogP contribution in [0.3, 0.4) is 0 Å². The van der Waals surface area contributed by atoms with E-state index in [0.717, 1.165) is 0 Å². The van der Waals surface area contributed by atoms with Gasteiger partial charge in [0.05, 0.1) is 16.3 Å². The van der Waals surface area contributed by atoms with Crippen molar-refractivity contribution in [2.75, 3.05) is 5.32 Å². The van der Waals surface area contributed by atoms with Crippen molar-refractivity contribution >= 4 is 34.4 Å². The molecule has 0 saturated heterocycles. The van der Waals surface area contributed by atoms with Crippen molar-refractivity contribution < 1.29 is 4.79 Å². The highest BCUT2D eigenvalue weighted by atomic mass is 32.2. The van der Waals surface area contributed by atoms with Gasteiger partial charge in [-0.05, 0) is 25.1 Å². The maximum atomic E-state index is 12.2. The number of aryl methyl sites for hydroxylation is 1. The minimum Gasteiger partial charge on any atom is -0.325 e. The second-order valence-corrected chi connectivity index (χ2v) is 6.12. The van der Waals surface area contributed by atoms with Gasteiger partial charge in [-0.15, -0.1) is 10.2 Å². The third-order valence-corrected chi connectivity index (χ3v) is 4.25. The molecule has 0 aliphatic carbocycles. The highest BCUT2D eigenvalue weighted by Crippen LogP contribution is 2.22. The number of benzene rings is 1. The average Bonchev–Trinajstić information content (AvgIpc) is 3.03. The van der Waals surface area contributed by atoms with Crippen molar-refractivity contribution in [3.63, 3.8) is 0 Å². The van der Waals surface area contributed by atoms with Crippen LogP contribution < -0.4 is 11.0 Å². The summed E-state index contributed by atoms with van der Waals surface area (Å²) >= 11 is 1.33. The number of aromatic amines is 2. The molecule has 1 atom stereocenters. The predicted molar refractivity (Wildman–Crippen MR) is 83.9 cm³/mol. The lowest BCUT2D eigenvalue weighted by Gasteiger charge is -2.11. The van der Waals surface area contributed by atoms with Crippen molar-refractivity contribution in [3.05, 3.63) is 35.0 Å². The van der Waals surface area contributed by atoms with E-state index in [1.807, 2.05) is 7.05 Å². The van der Waals surface area contributed by atoms with Crippen molar-refractivity contribution in [2.45, 2.75) is 17.3 Å². The number of aromatic nitrogens is 5. The first-order valence-electron chi connectivity index (χ1n) is 6.56. The van der Waals surface area contributed by atoms with Gasteiger partial charge in [0.25, 0.3) is 0 Å². The van der Waals surface area contributed by atoms with E-state index in [1.165, 1.54) is 11.8 Å². The van der Waals surface area contributed by atoms with Crippen LogP contribution in [-0.4, -0.2) is 35.9 Å². The molecule has 9 heteroatoms. The molecule has 1 amide bonds. The number of H-pyrrole nitrogens is 2. The lowest BCUT2D eigenvalue weighted by Crippen LogP contribution is -2.22. The highest BCUT2D eigenvalue weighted by molar-refractivity contribution is 8.00. The molecule has 0 bridgehead atoms. The van der Waals surface area contributed by atoms with Crippen LogP contribution in [0.5, 0.6) is 0 Å². The van der Waals surface area contributed by atoms with Gasteiger partial charge >= 0.3 is 5.69 Å². The first kappa shape index (κ1) is 14.4. The zero-order valence-corrected chi connectivity index (χ0v) is 12.8. The fourth-order valence-corrected chi connectivity index (χ4v) is 2.74. The lowest BCUT2D eigenvalue weighted by atomic mass is 10.2. The van der Waals surface area contributed by atoms with Gasteiger partial charge in [0.1, 0.15) is 6.33 Å². The Morgan fingerprint density at radius 3 is 2.86 bits per heavy atom. The minimum atomic E-state index is -0.330. The Hall–Kier alpha value is -2.55. The Labute approximate surface area is 129 Å². The van der Waals surface area contributed by atoms with Crippen LogP contribution in [0, 0.1) is 0 Å². The van der Waals surface area contributed by atoms with Crippen LogP contribution in [-0.2, 0) is 11.8 Å². The molecule has 0 spiro atoms. The predicted octanol–water partition coefficient (Wildman–Crippen LogP) is 1.10. The number of carbonyl (C=O) groups excluding carboxylic acids is 1. The Morgan fingerprint density at radius 2 is 2.14 bits per heavy atom. The van der Waals surface area contributed by atoms with Gasteiger partial charge in [0.15, 0.2) is 5.16 Å². The number of anilines is 1. The third kappa shape index (κ3) is 2.89. The highest BCUT2D eigenvalue weighted by Gasteiger charge is 2.17. The first-order chi connectivity index (χ1) is 10.5. The molecule has 0 aliphatic rings. The molecule has 0 unspecified atom stereocenters. The van der Waals surface area contributed by atoms with Crippen molar-refractivity contribution in [1.82, 2.24) is 24.7 Å². The summed E-state index contributed by atoms with van der Waals surface area (Å²) in [4.78, 5) is 28.8. The maximum Gasteiger partial charge on any atom is 0.323 e. The van der Waals surface area contributed by atoms with E-state index in [9.17, 15) is 9.59 Å². The molecule has 3 aromatic rings. The van der Waals surface area contributed by atoms with Gasteiger partial charge in [-0.3, -0.25) is 4.79 Å². The number of hydrogen-bond donors (Lipinski definition) is 3. The van der Waals surface area contributed by atoms with Crippen molar-refractivity contribution in [2.24, 2.45) is 7.05 Å². The van der Waals surface area contributed by atoms with E-state index in [1.54, 1.807) is 36.0 Å². The van der Waals surface area contributed by atoms with Gasteiger partial charge in [0, 0.05) is 12.7 Å². The normalized spacial score (nSPS) is 12.5. The summed E-state index contributed by atoms with van der Waals surface area (Å²) in [5, 5.41) is 10.9. The molecule has 0 radical (unpaired) electrons. The van der Waals surface area contributed by atoms with Gasteiger partial charge in [0.2, 0.25) is 5.91 Å². The zero-order valence-electron chi connectivity index (χ0n) is 12.0. The summed E-state index contributed by atoms with van der Waals surface area (Å²) in [7, 11) is 1.82. The summed E-state index contributed by atoms with van der Waals surface area (Å²) in [5.41, 5.74) is 1.70. The molecule has 0 fully saturated rings. The number of hydrogen-bond acceptors (Lipinski definition) is 5. The fourth-order valence-electron chi connectivity index (χ4n) is 1.95. The summed E-state index contributed by atoms with van der Waals surface area (Å²) in [6.07, 6.45) is 1.59. The van der Waals surface area contributed by atoms with Crippen molar-refractivity contribution in [3.8, 4) is 0 Å². The largest absolute Gasteiger partial charge is 0.325 e. The topological polar surface area (TPSA) is 108 Å². The van der Waals surface area contributed by atoms with E-state index in [0.29, 0.717) is 21.9 Å². The molecule has 2 aromatic heterocycles. The number of thioether (sulfide) groups is 1. The fraction of sp³-hybridized carbons (Fsp3) is 0.231. The van der Waals surface area contributed by atoms with Crippen LogP contribution in [0.1, 0.15) is 6.92 Å². The summed E-state index contributed by atoms with van der Waals surface area (Å²) < 4.78 is 1.76. The average molecular weight is 318 g/mol. The number of amides is 1. The van der Waals surface area contributed by atoms with E-state index in [-0.39, 0.29) is 16.8 Å². The number of carbonyl (C=O) groups is 1. The van der Waals surface area contributed by atoms with Crippen LogP contribution >= 0.6 is 11.8 Å². The van der Waals surface area contributed by atoms with E-state index in [4.69, 9.17) is 0 Å². The SMILES string of the molecule is C[C@H](Sc1nncn1C)C(=O)Nc1ccc2[nH]c(=O)[nH]c2c1. The third-order valence-electron chi connectivity index (χ3n) is 3.10. The first-order valence-corrected chi connectivity index (χ1v) is 7.44. The van der Waals surface area contributed by atoms with Gasteiger partial charge in [-0.25, -0.2) is 4.79 Å². The lowest BCUT2D eigenvalue weighted by molar-refractivity contribution is -0.115. The molecule has 114 valence electrons. The van der Waals surface area contributed by atoms with Crippen molar-refractivity contribution in [1.29, 1.82) is 0 Å². The number of nitrogens with zero attached hydrogens (tertiary/aromatic N) is 3. The van der Waals surface area contributed by atoms with E-state index in [2.05, 4.69) is 25.5 Å². The number of rotatable bonds is 4. The molecule has 0 saturated carbocycles. The molecule has 8 nitrogen and oxygen atoms in total. The smallest absolute Gasteiger partial charge is 0.323 e. The molecular formula is C13H14N6O2S. The summed E-state index contributed by atoms with van der Waals surface area (Å²) in [6.45, 7) is 1.80. The van der Waals surface area contributed by atoms with E-state index >= 15 is 0 Å². The summed E-state index contributed by atoms with van der Waals surface area (Å²) in [6, 6.07) is 5.19. The number of nitrogens with one attached hydrogen (secondary N) is 3. The summed E-state index contributed by atoms with van der Waals surface area (Å²) in [5.74, 6) is -0.148. The van der Waals surface area contributed by atoms with E-state index < -0.39 is 0 Å². The van der Waals surface area contributed by atoms with Crippen LogP contribution in [0.4, 0.5) is 5.69 Å². The Morgan fingerprint density at radius 1 is 1.36 bits per heavy atom. The second-order valence-electron chi connectivity index (χ2n) is 4.81. The van der Waals surface area contributed by atoms with Crippen LogP contribution in [0.15, 0.2) is 34.5 Å². The monoisotopic (exact) mass is 318 g/mol. The van der Waals surface area contributed by atoms with Gasteiger partial charge in [-0.2, -0.15) is 0 Å². The molecule has 0 aliphatic heterocycles. The molecule has 1 aromatic carbocycles. The van der Waals surface area contributed by atoms with Crippen LogP contribution in [0.25, 0.3) is 11.0 Å². The Balaban J connectivity index is 1.71. The van der Waals surface area contributed by atoms with Gasteiger partial charge in [-0.1, -0.05) is 11.8 Å². The molecule has 2 heterocycles. The standard InChI is InChI=1S/C13H14N6O2S/c1-7(22-13-18-14-6-19(13)2)11(20)15-8-3-4-9-10(5-8)17-12(21)16-9/h3-7H,1-2H3,(H,15,20)(H2,16,17,21)/t7-/m0/s1. The quantitative estimate of drug-likeness (QED) is 0.624.